The molecule has 1 N–H and O–H groups in total. The van der Waals surface area contributed by atoms with Gasteiger partial charge in [-0.2, -0.15) is 0 Å². The van der Waals surface area contributed by atoms with E-state index in [1.807, 2.05) is 0 Å². The van der Waals surface area contributed by atoms with Crippen LogP contribution in [0.15, 0.2) is 42.7 Å². The number of hydrogen-bond donors (Lipinski definition) is 1. The van der Waals surface area contributed by atoms with Crippen LogP contribution in [0.2, 0.25) is 5.02 Å². The van der Waals surface area contributed by atoms with Crippen LogP contribution in [-0.2, 0) is 0 Å². The Labute approximate surface area is 123 Å². The fourth-order valence-corrected chi connectivity index (χ4v) is 2.27. The second kappa shape index (κ2) is 5.10. The summed E-state index contributed by atoms with van der Waals surface area (Å²) in [7, 11) is 0. The van der Waals surface area contributed by atoms with E-state index in [9.17, 15) is 9.18 Å². The lowest BCUT2D eigenvalue weighted by molar-refractivity contribution is 0.0692. The minimum absolute atomic E-state index is 0.402. The number of carboxylic acid groups (broad SMARTS) is 1. The highest BCUT2D eigenvalue weighted by Crippen LogP contribution is 2.28. The van der Waals surface area contributed by atoms with Crippen molar-refractivity contribution < 1.29 is 14.3 Å². The van der Waals surface area contributed by atoms with Gasteiger partial charge >= 0.3 is 5.97 Å². The summed E-state index contributed by atoms with van der Waals surface area (Å²) in [6.45, 7) is 0. The Balaban J connectivity index is 2.28. The largest absolute Gasteiger partial charge is 0.478 e. The molecule has 6 heteroatoms. The maximum Gasteiger partial charge on any atom is 0.338 e. The zero-order valence-electron chi connectivity index (χ0n) is 10.5. The van der Waals surface area contributed by atoms with Gasteiger partial charge in [0, 0.05) is 16.0 Å². The fraction of sp³-hybridized carbons (Fsp3) is 0. The summed E-state index contributed by atoms with van der Waals surface area (Å²) in [5.74, 6) is -2.12. The van der Waals surface area contributed by atoms with Gasteiger partial charge in [0.05, 0.1) is 16.8 Å². The van der Waals surface area contributed by atoms with Gasteiger partial charge in [-0.05, 0) is 36.4 Å². The zero-order valence-corrected chi connectivity index (χ0v) is 11.3. The van der Waals surface area contributed by atoms with Gasteiger partial charge in [-0.25, -0.2) is 19.2 Å². The summed E-state index contributed by atoms with van der Waals surface area (Å²) in [6.07, 6.45) is 1.37. The summed E-state index contributed by atoms with van der Waals surface area (Å²) in [4.78, 5) is 19.3. The minimum Gasteiger partial charge on any atom is -0.478 e. The van der Waals surface area contributed by atoms with Crippen LogP contribution in [0.1, 0.15) is 10.4 Å². The first kappa shape index (κ1) is 13.5. The van der Waals surface area contributed by atoms with Crippen molar-refractivity contribution in [2.45, 2.75) is 0 Å². The molecule has 104 valence electrons. The lowest BCUT2D eigenvalue weighted by Gasteiger charge is -2.07. The Hall–Kier alpha value is -2.53. The smallest absolute Gasteiger partial charge is 0.338 e. The molecule has 0 radical (unpaired) electrons. The van der Waals surface area contributed by atoms with Gasteiger partial charge in [0.2, 0.25) is 0 Å². The average Bonchev–Trinajstić information content (AvgIpc) is 2.47. The Kier molecular flexibility index (Phi) is 3.27. The van der Waals surface area contributed by atoms with E-state index < -0.39 is 17.3 Å². The Bertz CT molecular complexity index is 867. The molecule has 3 aromatic rings. The topological polar surface area (TPSA) is 63.1 Å². The van der Waals surface area contributed by atoms with Gasteiger partial charge in [-0.15, -0.1) is 0 Å². The second-order valence-corrected chi connectivity index (χ2v) is 4.82. The van der Waals surface area contributed by atoms with Crippen LogP contribution in [0.25, 0.3) is 22.2 Å². The van der Waals surface area contributed by atoms with E-state index in [0.29, 0.717) is 27.2 Å². The van der Waals surface area contributed by atoms with Crippen LogP contribution in [-0.4, -0.2) is 21.0 Å². The standard InChI is InChI=1S/C15H8ClFN2O2/c16-9-2-4-13-11(6-9)14(19-7-18-13)8-1-3-12(17)10(5-8)15(20)21/h1-7H,(H,20,21). The maximum atomic E-state index is 13.5. The van der Waals surface area contributed by atoms with Gasteiger partial charge < -0.3 is 5.11 Å². The SMILES string of the molecule is O=C(O)c1cc(-c2ncnc3ccc(Cl)cc23)ccc1F. The van der Waals surface area contributed by atoms with Crippen molar-refractivity contribution in [1.29, 1.82) is 0 Å². The minimum atomic E-state index is -1.33. The summed E-state index contributed by atoms with van der Waals surface area (Å²) in [6, 6.07) is 8.97. The zero-order chi connectivity index (χ0) is 15.0. The summed E-state index contributed by atoms with van der Waals surface area (Å²) in [5, 5.41) is 10.2. The van der Waals surface area contributed by atoms with Crippen molar-refractivity contribution in [1.82, 2.24) is 9.97 Å². The number of fused-ring (bicyclic) bond motifs is 1. The molecule has 0 unspecified atom stereocenters. The Morgan fingerprint density at radius 2 is 1.95 bits per heavy atom. The number of hydrogen-bond acceptors (Lipinski definition) is 3. The molecule has 1 aromatic heterocycles. The van der Waals surface area contributed by atoms with Gasteiger partial charge in [-0.3, -0.25) is 0 Å². The third-order valence-electron chi connectivity index (χ3n) is 3.07. The third kappa shape index (κ3) is 2.43. The number of rotatable bonds is 2. The number of carboxylic acids is 1. The van der Waals surface area contributed by atoms with E-state index in [-0.39, 0.29) is 0 Å². The van der Waals surface area contributed by atoms with Crippen molar-refractivity contribution in [3.8, 4) is 11.3 Å². The van der Waals surface area contributed by atoms with Crippen molar-refractivity contribution in [2.24, 2.45) is 0 Å². The van der Waals surface area contributed by atoms with Gasteiger partial charge in [-0.1, -0.05) is 11.6 Å². The fourth-order valence-electron chi connectivity index (χ4n) is 2.10. The number of benzene rings is 2. The molecule has 0 aliphatic rings. The highest BCUT2D eigenvalue weighted by atomic mass is 35.5. The van der Waals surface area contributed by atoms with E-state index in [1.165, 1.54) is 18.5 Å². The molecule has 3 rings (SSSR count). The van der Waals surface area contributed by atoms with Crippen molar-refractivity contribution in [3.63, 3.8) is 0 Å². The Morgan fingerprint density at radius 1 is 1.14 bits per heavy atom. The Morgan fingerprint density at radius 3 is 2.71 bits per heavy atom. The first-order chi connectivity index (χ1) is 10.1. The molecular weight excluding hydrogens is 295 g/mol. The van der Waals surface area contributed by atoms with Crippen LogP contribution in [0.3, 0.4) is 0 Å². The van der Waals surface area contributed by atoms with Crippen LogP contribution in [0.4, 0.5) is 4.39 Å². The van der Waals surface area contributed by atoms with Crippen molar-refractivity contribution in [2.75, 3.05) is 0 Å². The molecule has 0 aliphatic carbocycles. The molecule has 4 nitrogen and oxygen atoms in total. The first-order valence-corrected chi connectivity index (χ1v) is 6.37. The van der Waals surface area contributed by atoms with Crippen LogP contribution in [0.5, 0.6) is 0 Å². The van der Waals surface area contributed by atoms with Crippen LogP contribution >= 0.6 is 11.6 Å². The van der Waals surface area contributed by atoms with Gasteiger partial charge in [0.25, 0.3) is 0 Å². The molecule has 21 heavy (non-hydrogen) atoms. The molecule has 0 spiro atoms. The number of aromatic nitrogens is 2. The predicted octanol–water partition coefficient (Wildman–Crippen LogP) is 3.79. The van der Waals surface area contributed by atoms with E-state index >= 15 is 0 Å². The number of aromatic carboxylic acids is 1. The number of nitrogens with zero attached hydrogens (tertiary/aromatic N) is 2. The molecular formula is C15H8ClFN2O2. The maximum absolute atomic E-state index is 13.5. The van der Waals surface area contributed by atoms with Crippen LogP contribution < -0.4 is 0 Å². The summed E-state index contributed by atoms with van der Waals surface area (Å²) >= 11 is 5.98. The van der Waals surface area contributed by atoms with Gasteiger partial charge in [0.1, 0.15) is 12.1 Å². The molecule has 0 atom stereocenters. The lowest BCUT2D eigenvalue weighted by atomic mass is 10.0. The quantitative estimate of drug-likeness (QED) is 0.782. The number of carbonyl (C=O) groups is 1. The molecule has 2 aromatic carbocycles. The molecule has 0 saturated carbocycles. The summed E-state index contributed by atoms with van der Waals surface area (Å²) in [5.41, 5.74) is 1.26. The number of halogens is 2. The van der Waals surface area contributed by atoms with E-state index in [4.69, 9.17) is 16.7 Å². The molecule has 0 aliphatic heterocycles. The molecule has 0 amide bonds. The molecule has 0 fully saturated rings. The van der Waals surface area contributed by atoms with E-state index in [2.05, 4.69) is 9.97 Å². The van der Waals surface area contributed by atoms with E-state index in [1.54, 1.807) is 18.2 Å². The normalized spacial score (nSPS) is 10.8. The molecule has 1 heterocycles. The van der Waals surface area contributed by atoms with Crippen molar-refractivity contribution >= 4 is 28.5 Å². The van der Waals surface area contributed by atoms with Gasteiger partial charge in [0.15, 0.2) is 0 Å². The highest BCUT2D eigenvalue weighted by Gasteiger charge is 2.14. The second-order valence-electron chi connectivity index (χ2n) is 4.38. The van der Waals surface area contributed by atoms with E-state index in [0.717, 1.165) is 6.07 Å². The monoisotopic (exact) mass is 302 g/mol. The molecule has 0 saturated heterocycles. The highest BCUT2D eigenvalue weighted by molar-refractivity contribution is 6.31. The van der Waals surface area contributed by atoms with Crippen LogP contribution in [0, 0.1) is 5.82 Å². The average molecular weight is 303 g/mol. The summed E-state index contributed by atoms with van der Waals surface area (Å²) < 4.78 is 13.5. The lowest BCUT2D eigenvalue weighted by Crippen LogP contribution is -2.01. The predicted molar refractivity (Wildman–Crippen MR) is 76.9 cm³/mol. The molecule has 0 bridgehead atoms. The van der Waals surface area contributed by atoms with Crippen molar-refractivity contribution in [3.05, 3.63) is 59.1 Å². The third-order valence-corrected chi connectivity index (χ3v) is 3.30. The first-order valence-electron chi connectivity index (χ1n) is 6.00.